The molecule has 6 heteroatoms. The average Bonchev–Trinajstić information content (AvgIpc) is 3.08. The van der Waals surface area contributed by atoms with Gasteiger partial charge < -0.3 is 11.1 Å². The number of nitrogens with zero attached hydrogens (tertiary/aromatic N) is 1. The molecule has 3 rings (SSSR count). The second kappa shape index (κ2) is 5.83. The van der Waals surface area contributed by atoms with Crippen LogP contribution in [-0.4, -0.2) is 10.9 Å². The molecule has 2 aromatic heterocycles. The van der Waals surface area contributed by atoms with Gasteiger partial charge in [-0.2, -0.15) is 0 Å². The van der Waals surface area contributed by atoms with Gasteiger partial charge in [-0.1, -0.05) is 18.3 Å². The van der Waals surface area contributed by atoms with Crippen LogP contribution < -0.4 is 11.1 Å². The van der Waals surface area contributed by atoms with E-state index in [1.54, 1.807) is 17.4 Å². The molecule has 0 bridgehead atoms. The summed E-state index contributed by atoms with van der Waals surface area (Å²) in [7, 11) is 0. The third-order valence-electron chi connectivity index (χ3n) is 3.16. The lowest BCUT2D eigenvalue weighted by molar-refractivity contribution is 0.0951. The molecule has 0 fully saturated rings. The van der Waals surface area contributed by atoms with Crippen molar-refractivity contribution in [2.24, 2.45) is 0 Å². The van der Waals surface area contributed by atoms with E-state index in [4.69, 9.17) is 5.73 Å². The van der Waals surface area contributed by atoms with Crippen molar-refractivity contribution in [2.75, 3.05) is 5.73 Å². The van der Waals surface area contributed by atoms with E-state index in [2.05, 4.69) is 29.4 Å². The average molecular weight is 317 g/mol. The van der Waals surface area contributed by atoms with Crippen LogP contribution in [0.3, 0.4) is 0 Å². The van der Waals surface area contributed by atoms with E-state index in [-0.39, 0.29) is 5.91 Å². The molecule has 0 atom stereocenters. The number of nitrogen functional groups attached to an aromatic ring is 1. The number of fused-ring (bicyclic) bond motifs is 1. The van der Waals surface area contributed by atoms with Gasteiger partial charge in [0.2, 0.25) is 0 Å². The van der Waals surface area contributed by atoms with Crippen molar-refractivity contribution in [3.05, 3.63) is 45.6 Å². The molecule has 0 unspecified atom stereocenters. The van der Waals surface area contributed by atoms with E-state index in [0.717, 1.165) is 16.6 Å². The lowest BCUT2D eigenvalue weighted by Crippen LogP contribution is -2.22. The number of anilines is 1. The van der Waals surface area contributed by atoms with Crippen molar-refractivity contribution in [1.29, 1.82) is 0 Å². The standard InChI is InChI=1S/C15H15N3OS2/c1-2-10-4-5-11(20-10)8-17-14(19)9-3-6-12-13(7-9)21-15(16)18-12/h3-7H,2,8H2,1H3,(H2,16,18)(H,17,19). The third kappa shape index (κ3) is 3.06. The Bertz CT molecular complexity index is 791. The molecule has 1 aromatic carbocycles. The molecule has 0 saturated heterocycles. The minimum atomic E-state index is -0.0738. The number of carbonyl (C=O) groups excluding carboxylic acids is 1. The summed E-state index contributed by atoms with van der Waals surface area (Å²) in [4.78, 5) is 18.9. The van der Waals surface area contributed by atoms with E-state index in [0.29, 0.717) is 17.2 Å². The first-order valence-electron chi connectivity index (χ1n) is 6.67. The smallest absolute Gasteiger partial charge is 0.251 e. The fraction of sp³-hybridized carbons (Fsp3) is 0.200. The Morgan fingerprint density at radius 1 is 1.24 bits per heavy atom. The minimum absolute atomic E-state index is 0.0738. The van der Waals surface area contributed by atoms with Crippen LogP contribution in [0.4, 0.5) is 5.13 Å². The molecule has 2 heterocycles. The van der Waals surface area contributed by atoms with Gasteiger partial charge in [0.25, 0.3) is 5.91 Å². The van der Waals surface area contributed by atoms with Crippen molar-refractivity contribution in [1.82, 2.24) is 10.3 Å². The number of nitrogens with two attached hydrogens (primary N) is 1. The number of aryl methyl sites for hydroxylation is 1. The lowest BCUT2D eigenvalue weighted by Gasteiger charge is -2.03. The fourth-order valence-electron chi connectivity index (χ4n) is 2.06. The molecular weight excluding hydrogens is 302 g/mol. The molecule has 108 valence electrons. The van der Waals surface area contributed by atoms with Crippen molar-refractivity contribution in [3.63, 3.8) is 0 Å². The van der Waals surface area contributed by atoms with Crippen LogP contribution in [0, 0.1) is 0 Å². The van der Waals surface area contributed by atoms with Crippen LogP contribution in [0.5, 0.6) is 0 Å². The Hall–Kier alpha value is -1.92. The Labute approximate surface area is 130 Å². The molecular formula is C15H15N3OS2. The molecule has 3 N–H and O–H groups in total. The van der Waals surface area contributed by atoms with Crippen LogP contribution >= 0.6 is 22.7 Å². The van der Waals surface area contributed by atoms with Gasteiger partial charge >= 0.3 is 0 Å². The van der Waals surface area contributed by atoms with Crippen molar-refractivity contribution < 1.29 is 4.79 Å². The van der Waals surface area contributed by atoms with Crippen molar-refractivity contribution >= 4 is 43.9 Å². The predicted molar refractivity (Wildman–Crippen MR) is 88.9 cm³/mol. The Morgan fingerprint density at radius 3 is 2.81 bits per heavy atom. The first kappa shape index (κ1) is 14.0. The number of hydrogen-bond acceptors (Lipinski definition) is 5. The molecule has 0 saturated carbocycles. The highest BCUT2D eigenvalue weighted by atomic mass is 32.1. The number of carbonyl (C=O) groups is 1. The number of amides is 1. The van der Waals surface area contributed by atoms with Gasteiger partial charge in [0.05, 0.1) is 16.8 Å². The van der Waals surface area contributed by atoms with Gasteiger partial charge in [-0.15, -0.1) is 11.3 Å². The van der Waals surface area contributed by atoms with Crippen LogP contribution in [0.2, 0.25) is 0 Å². The number of thiophene rings is 1. The highest BCUT2D eigenvalue weighted by Crippen LogP contribution is 2.24. The first-order valence-corrected chi connectivity index (χ1v) is 8.31. The van der Waals surface area contributed by atoms with Gasteiger partial charge in [0, 0.05) is 15.3 Å². The zero-order chi connectivity index (χ0) is 14.8. The van der Waals surface area contributed by atoms with Gasteiger partial charge in [-0.25, -0.2) is 4.98 Å². The normalized spacial score (nSPS) is 10.9. The summed E-state index contributed by atoms with van der Waals surface area (Å²) >= 11 is 3.13. The summed E-state index contributed by atoms with van der Waals surface area (Å²) in [6.07, 6.45) is 1.03. The fourth-order valence-corrected chi connectivity index (χ4v) is 3.73. The summed E-state index contributed by atoms with van der Waals surface area (Å²) in [5.74, 6) is -0.0738. The Morgan fingerprint density at radius 2 is 2.05 bits per heavy atom. The van der Waals surface area contributed by atoms with E-state index in [1.807, 2.05) is 12.1 Å². The summed E-state index contributed by atoms with van der Waals surface area (Å²) in [5.41, 5.74) is 7.15. The predicted octanol–water partition coefficient (Wildman–Crippen LogP) is 3.43. The maximum atomic E-state index is 12.2. The zero-order valence-corrected chi connectivity index (χ0v) is 13.2. The molecule has 4 nitrogen and oxygen atoms in total. The van der Waals surface area contributed by atoms with E-state index < -0.39 is 0 Å². The highest BCUT2D eigenvalue weighted by molar-refractivity contribution is 7.22. The van der Waals surface area contributed by atoms with Gasteiger partial charge in [0.15, 0.2) is 5.13 Å². The lowest BCUT2D eigenvalue weighted by atomic mass is 10.2. The molecule has 21 heavy (non-hydrogen) atoms. The second-order valence-corrected chi connectivity index (χ2v) is 6.95. The second-order valence-electron chi connectivity index (χ2n) is 4.64. The summed E-state index contributed by atoms with van der Waals surface area (Å²) < 4.78 is 0.935. The molecule has 0 aliphatic rings. The van der Waals surface area contributed by atoms with Gasteiger partial charge in [0.1, 0.15) is 0 Å². The number of nitrogens with one attached hydrogen (secondary N) is 1. The maximum absolute atomic E-state index is 12.2. The van der Waals surface area contributed by atoms with Crippen molar-refractivity contribution in [3.8, 4) is 0 Å². The first-order chi connectivity index (χ1) is 10.2. The summed E-state index contributed by atoms with van der Waals surface area (Å²) in [6, 6.07) is 9.62. The third-order valence-corrected chi connectivity index (χ3v) is 5.23. The minimum Gasteiger partial charge on any atom is -0.375 e. The topological polar surface area (TPSA) is 68.0 Å². The van der Waals surface area contributed by atoms with E-state index in [1.165, 1.54) is 21.1 Å². The molecule has 1 amide bonds. The zero-order valence-electron chi connectivity index (χ0n) is 11.6. The van der Waals surface area contributed by atoms with Crippen LogP contribution in [0.15, 0.2) is 30.3 Å². The van der Waals surface area contributed by atoms with Crippen LogP contribution in [0.25, 0.3) is 10.2 Å². The molecule has 3 aromatic rings. The maximum Gasteiger partial charge on any atom is 0.251 e. The van der Waals surface area contributed by atoms with Crippen LogP contribution in [0.1, 0.15) is 27.0 Å². The summed E-state index contributed by atoms with van der Waals surface area (Å²) in [6.45, 7) is 2.69. The van der Waals surface area contributed by atoms with Crippen LogP contribution in [-0.2, 0) is 13.0 Å². The molecule has 0 aliphatic heterocycles. The van der Waals surface area contributed by atoms with E-state index in [9.17, 15) is 4.79 Å². The molecule has 0 radical (unpaired) electrons. The SMILES string of the molecule is CCc1ccc(CNC(=O)c2ccc3nc(N)sc3c2)s1. The number of benzene rings is 1. The van der Waals surface area contributed by atoms with Gasteiger partial charge in [-0.3, -0.25) is 4.79 Å². The number of hydrogen-bond donors (Lipinski definition) is 2. The van der Waals surface area contributed by atoms with Crippen molar-refractivity contribution in [2.45, 2.75) is 19.9 Å². The number of rotatable bonds is 4. The Kier molecular flexibility index (Phi) is 3.90. The van der Waals surface area contributed by atoms with Gasteiger partial charge in [-0.05, 0) is 36.8 Å². The monoisotopic (exact) mass is 317 g/mol. The largest absolute Gasteiger partial charge is 0.375 e. The Balaban J connectivity index is 1.71. The number of aromatic nitrogens is 1. The number of thiazole rings is 1. The summed E-state index contributed by atoms with van der Waals surface area (Å²) in [5, 5.41) is 3.47. The highest BCUT2D eigenvalue weighted by Gasteiger charge is 2.09. The molecule has 0 spiro atoms. The van der Waals surface area contributed by atoms with E-state index >= 15 is 0 Å². The quantitative estimate of drug-likeness (QED) is 0.774. The molecule has 0 aliphatic carbocycles.